The molecule has 2 aromatic rings. The van der Waals surface area contributed by atoms with Gasteiger partial charge in [0.15, 0.2) is 0 Å². The van der Waals surface area contributed by atoms with Crippen LogP contribution in [0.3, 0.4) is 0 Å². The fraction of sp³-hybridized carbons (Fsp3) is 0.100. The lowest BCUT2D eigenvalue weighted by Gasteiger charge is -2.10. The number of hydrogen-bond acceptors (Lipinski definition) is 6. The summed E-state index contributed by atoms with van der Waals surface area (Å²) in [6.07, 6.45) is 1.60. The van der Waals surface area contributed by atoms with E-state index in [0.29, 0.717) is 22.0 Å². The van der Waals surface area contributed by atoms with Crippen LogP contribution >= 0.6 is 24.0 Å². The minimum atomic E-state index is -1.12. The molecule has 1 heterocycles. The third-order valence-corrected chi connectivity index (χ3v) is 5.24. The smallest absolute Gasteiger partial charge is 0.323 e. The Labute approximate surface area is 175 Å². The molecule has 148 valence electrons. The van der Waals surface area contributed by atoms with Crippen molar-refractivity contribution in [1.82, 2.24) is 4.90 Å². The van der Waals surface area contributed by atoms with Crippen LogP contribution in [-0.4, -0.2) is 43.8 Å². The molecule has 0 radical (unpaired) electrons. The van der Waals surface area contributed by atoms with Crippen LogP contribution < -0.4 is 4.74 Å². The number of ether oxygens (including phenoxy) is 1. The highest BCUT2D eigenvalue weighted by atomic mass is 32.2. The molecule has 0 bridgehead atoms. The number of thiocarbonyl (C=S) groups is 1. The summed E-state index contributed by atoms with van der Waals surface area (Å²) in [6, 6.07) is 13.8. The maximum absolute atomic E-state index is 12.3. The molecule has 0 spiro atoms. The Kier molecular flexibility index (Phi) is 6.30. The zero-order chi connectivity index (χ0) is 21.0. The number of benzene rings is 2. The lowest BCUT2D eigenvalue weighted by Crippen LogP contribution is -2.33. The number of thioether (sulfide) groups is 1. The van der Waals surface area contributed by atoms with Crippen molar-refractivity contribution in [3.63, 3.8) is 0 Å². The predicted molar refractivity (Wildman–Crippen MR) is 112 cm³/mol. The number of carbonyl (C=O) groups excluding carboxylic acids is 1. The molecule has 1 aliphatic rings. The monoisotopic (exact) mass is 429 g/mol. The van der Waals surface area contributed by atoms with Crippen LogP contribution in [0.1, 0.15) is 11.1 Å². The van der Waals surface area contributed by atoms with E-state index >= 15 is 0 Å². The lowest BCUT2D eigenvalue weighted by atomic mass is 10.1. The van der Waals surface area contributed by atoms with Crippen molar-refractivity contribution < 1.29 is 29.3 Å². The molecule has 1 fully saturated rings. The minimum Gasteiger partial charge on any atom is -0.481 e. The van der Waals surface area contributed by atoms with Crippen molar-refractivity contribution in [2.24, 2.45) is 0 Å². The van der Waals surface area contributed by atoms with Crippen LogP contribution in [0.25, 0.3) is 6.08 Å². The van der Waals surface area contributed by atoms with E-state index in [2.05, 4.69) is 0 Å². The standard InChI is InChI=1S/C20H15NO6S2/c22-17(23)10-13-3-7-15(8-4-13)27-14-5-1-12(2-6-14)9-16-19(26)21(11-18(24)25)20(28)29-16/h1-9H,10-11H2,(H,22,23)(H,24,25)/b16-9-. The molecule has 9 heteroatoms. The molecule has 1 amide bonds. The molecule has 0 unspecified atom stereocenters. The molecule has 2 N–H and O–H groups in total. The first kappa shape index (κ1) is 20.6. The summed E-state index contributed by atoms with van der Waals surface area (Å²) >= 11 is 6.13. The molecule has 0 aromatic heterocycles. The van der Waals surface area contributed by atoms with Crippen LogP contribution in [0, 0.1) is 0 Å². The fourth-order valence-corrected chi connectivity index (χ4v) is 3.80. The van der Waals surface area contributed by atoms with Crippen LogP contribution in [0.15, 0.2) is 53.4 Å². The van der Waals surface area contributed by atoms with Gasteiger partial charge in [-0.3, -0.25) is 19.3 Å². The van der Waals surface area contributed by atoms with Crippen LogP contribution in [0.5, 0.6) is 11.5 Å². The quantitative estimate of drug-likeness (QED) is 0.510. The van der Waals surface area contributed by atoms with E-state index in [1.165, 1.54) is 0 Å². The number of carbonyl (C=O) groups is 3. The molecular weight excluding hydrogens is 414 g/mol. The number of rotatable bonds is 7. The average Bonchev–Trinajstić information content (AvgIpc) is 2.91. The van der Waals surface area contributed by atoms with E-state index in [0.717, 1.165) is 22.2 Å². The lowest BCUT2D eigenvalue weighted by molar-refractivity contribution is -0.140. The highest BCUT2D eigenvalue weighted by molar-refractivity contribution is 8.26. The maximum atomic E-state index is 12.3. The molecule has 3 rings (SSSR count). The van der Waals surface area contributed by atoms with Crippen molar-refractivity contribution in [3.8, 4) is 11.5 Å². The summed E-state index contributed by atoms with van der Waals surface area (Å²) in [5, 5.41) is 17.7. The first-order valence-electron chi connectivity index (χ1n) is 8.37. The van der Waals surface area contributed by atoms with E-state index < -0.39 is 24.4 Å². The van der Waals surface area contributed by atoms with Crippen LogP contribution in [0.4, 0.5) is 0 Å². The summed E-state index contributed by atoms with van der Waals surface area (Å²) < 4.78 is 5.95. The van der Waals surface area contributed by atoms with E-state index in [1.807, 2.05) is 0 Å². The van der Waals surface area contributed by atoms with Crippen molar-refractivity contribution in [3.05, 3.63) is 64.6 Å². The Hall–Kier alpha value is -3.17. The SMILES string of the molecule is O=C(O)Cc1ccc(Oc2ccc(/C=C3\SC(=S)N(CC(=O)O)C3=O)cc2)cc1. The second-order valence-corrected chi connectivity index (χ2v) is 7.72. The summed E-state index contributed by atoms with van der Waals surface area (Å²) in [6.45, 7) is -0.458. The highest BCUT2D eigenvalue weighted by Crippen LogP contribution is 2.32. The van der Waals surface area contributed by atoms with E-state index in [-0.39, 0.29) is 10.7 Å². The summed E-state index contributed by atoms with van der Waals surface area (Å²) in [7, 11) is 0. The van der Waals surface area contributed by atoms with Crippen molar-refractivity contribution in [1.29, 1.82) is 0 Å². The zero-order valence-corrected chi connectivity index (χ0v) is 16.5. The van der Waals surface area contributed by atoms with Gasteiger partial charge >= 0.3 is 11.9 Å². The molecule has 0 saturated carbocycles. The topological polar surface area (TPSA) is 104 Å². The van der Waals surface area contributed by atoms with Crippen LogP contribution in [-0.2, 0) is 20.8 Å². The summed E-state index contributed by atoms with van der Waals surface area (Å²) in [5.41, 5.74) is 1.42. The molecular formula is C20H15NO6S2. The van der Waals surface area contributed by atoms with E-state index in [9.17, 15) is 14.4 Å². The summed E-state index contributed by atoms with van der Waals surface area (Å²) in [5.74, 6) is -1.30. The number of carboxylic acid groups (broad SMARTS) is 2. The molecule has 29 heavy (non-hydrogen) atoms. The van der Waals surface area contributed by atoms with Gasteiger partial charge in [-0.2, -0.15) is 0 Å². The highest BCUT2D eigenvalue weighted by Gasteiger charge is 2.33. The molecule has 1 aliphatic heterocycles. The Morgan fingerprint density at radius 1 is 1.00 bits per heavy atom. The van der Waals surface area contributed by atoms with Gasteiger partial charge in [-0.15, -0.1) is 0 Å². The van der Waals surface area contributed by atoms with Crippen LogP contribution in [0.2, 0.25) is 0 Å². The normalized spacial score (nSPS) is 15.0. The number of amides is 1. The Morgan fingerprint density at radius 3 is 2.14 bits per heavy atom. The molecule has 0 aliphatic carbocycles. The maximum Gasteiger partial charge on any atom is 0.323 e. The van der Waals surface area contributed by atoms with Gasteiger partial charge in [0.1, 0.15) is 22.4 Å². The number of carboxylic acids is 2. The van der Waals surface area contributed by atoms with Gasteiger partial charge in [0, 0.05) is 0 Å². The molecule has 0 atom stereocenters. The minimum absolute atomic E-state index is 0.0479. The first-order chi connectivity index (χ1) is 13.8. The third kappa shape index (κ3) is 5.43. The second kappa shape index (κ2) is 8.89. The van der Waals surface area contributed by atoms with Gasteiger partial charge in [-0.05, 0) is 41.5 Å². The van der Waals surface area contributed by atoms with Gasteiger partial charge < -0.3 is 14.9 Å². The zero-order valence-electron chi connectivity index (χ0n) is 14.9. The first-order valence-corrected chi connectivity index (χ1v) is 9.60. The number of nitrogens with zero attached hydrogens (tertiary/aromatic N) is 1. The van der Waals surface area contributed by atoms with Gasteiger partial charge in [-0.25, -0.2) is 0 Å². The largest absolute Gasteiger partial charge is 0.481 e. The van der Waals surface area contributed by atoms with Gasteiger partial charge in [0.2, 0.25) is 0 Å². The summed E-state index contributed by atoms with van der Waals surface area (Å²) in [4.78, 5) is 35.2. The fourth-order valence-electron chi connectivity index (χ4n) is 2.54. The van der Waals surface area contributed by atoms with Crippen molar-refractivity contribution >= 4 is 52.2 Å². The second-order valence-electron chi connectivity index (χ2n) is 6.05. The predicted octanol–water partition coefficient (Wildman–Crippen LogP) is 3.39. The molecule has 2 aromatic carbocycles. The molecule has 1 saturated heterocycles. The Bertz CT molecular complexity index is 999. The Morgan fingerprint density at radius 2 is 1.59 bits per heavy atom. The Balaban J connectivity index is 1.66. The molecule has 7 nitrogen and oxygen atoms in total. The van der Waals surface area contributed by atoms with Crippen molar-refractivity contribution in [2.45, 2.75) is 6.42 Å². The number of hydrogen-bond donors (Lipinski definition) is 2. The van der Waals surface area contributed by atoms with E-state index in [1.54, 1.807) is 54.6 Å². The van der Waals surface area contributed by atoms with Gasteiger partial charge in [0.05, 0.1) is 11.3 Å². The number of aliphatic carboxylic acids is 2. The van der Waals surface area contributed by atoms with Crippen molar-refractivity contribution in [2.75, 3.05) is 6.54 Å². The van der Waals surface area contributed by atoms with Gasteiger partial charge in [-0.1, -0.05) is 48.2 Å². The van der Waals surface area contributed by atoms with E-state index in [4.69, 9.17) is 27.2 Å². The third-order valence-electron chi connectivity index (χ3n) is 3.86. The average molecular weight is 429 g/mol. The van der Waals surface area contributed by atoms with Gasteiger partial charge in [0.25, 0.3) is 5.91 Å².